The Hall–Kier alpha value is -1.75. The van der Waals surface area contributed by atoms with E-state index in [1.807, 2.05) is 24.4 Å². The third kappa shape index (κ3) is 6.90. The highest BCUT2D eigenvalue weighted by Gasteiger charge is 2.37. The second kappa shape index (κ2) is 10.9. The number of nitrogens with one attached hydrogen (secondary N) is 1. The Balaban J connectivity index is 1.87. The van der Waals surface area contributed by atoms with E-state index in [1.165, 1.54) is 11.3 Å². The van der Waals surface area contributed by atoms with Gasteiger partial charge in [0.2, 0.25) is 0 Å². The molecule has 0 aliphatic heterocycles. The van der Waals surface area contributed by atoms with Gasteiger partial charge in [0.05, 0.1) is 17.6 Å². The third-order valence-electron chi connectivity index (χ3n) is 6.18. The molecule has 0 bridgehead atoms. The molecule has 0 saturated heterocycles. The van der Waals surface area contributed by atoms with Crippen molar-refractivity contribution in [2.45, 2.75) is 82.5 Å². The number of hydrogen-bond acceptors (Lipinski definition) is 9. The summed E-state index contributed by atoms with van der Waals surface area (Å²) in [6, 6.07) is 6.06. The topological polar surface area (TPSA) is 98.8 Å². The van der Waals surface area contributed by atoms with Gasteiger partial charge < -0.3 is 15.5 Å². The number of aromatic nitrogens is 4. The van der Waals surface area contributed by atoms with Gasteiger partial charge in [-0.2, -0.15) is 0 Å². The monoisotopic (exact) mass is 518 g/mol. The van der Waals surface area contributed by atoms with Gasteiger partial charge in [0.25, 0.3) is 0 Å². The van der Waals surface area contributed by atoms with Crippen LogP contribution in [0.25, 0.3) is 10.3 Å². The van der Waals surface area contributed by atoms with Crippen molar-refractivity contribution in [3.8, 4) is 0 Å². The highest BCUT2D eigenvalue weighted by Crippen LogP contribution is 2.38. The van der Waals surface area contributed by atoms with Gasteiger partial charge in [-0.1, -0.05) is 63.8 Å². The minimum Gasteiger partial charge on any atom is -0.415 e. The van der Waals surface area contributed by atoms with E-state index in [1.54, 1.807) is 11.8 Å². The van der Waals surface area contributed by atoms with Crippen molar-refractivity contribution in [2.75, 3.05) is 17.7 Å². The van der Waals surface area contributed by atoms with Crippen LogP contribution in [0.3, 0.4) is 0 Å². The Labute approximate surface area is 212 Å². The molecule has 0 aliphatic rings. The van der Waals surface area contributed by atoms with Crippen LogP contribution in [0.1, 0.15) is 58.9 Å². The van der Waals surface area contributed by atoms with Crippen LogP contribution < -0.4 is 11.1 Å². The average Bonchev–Trinajstić information content (AvgIpc) is 3.12. The van der Waals surface area contributed by atoms with E-state index < -0.39 is 8.32 Å². The normalized spacial score (nSPS) is 14.5. The molecule has 3 aromatic heterocycles. The lowest BCUT2D eigenvalue weighted by atomic mass is 10.0. The van der Waals surface area contributed by atoms with Gasteiger partial charge in [0.1, 0.15) is 4.70 Å². The first kappa shape index (κ1) is 26.8. The number of hydrogen-bond donors (Lipinski definition) is 2. The number of thiazole rings is 1. The Morgan fingerprint density at radius 3 is 2.50 bits per heavy atom. The number of nitrogens with two attached hydrogens (primary N) is 1. The highest BCUT2D eigenvalue weighted by molar-refractivity contribution is 7.99. The van der Waals surface area contributed by atoms with Crippen LogP contribution in [0, 0.1) is 5.92 Å². The van der Waals surface area contributed by atoms with E-state index >= 15 is 0 Å². The number of pyridine rings is 1. The molecular formula is C24H38N6OS2Si. The third-order valence-corrected chi connectivity index (χ3v) is 12.6. The molecular weight excluding hydrogens is 481 g/mol. The standard InChI is InChI=1S/C24H38N6OS2Si/c1-15(2)13-17(14-31-34(7,8)24(4,5)6)27-20-19-21(28-22(25)33-19)30-23(29-20)32-16(3)18-11-9-10-12-26-18/h9-12,15-17H,13-14H2,1-8H3,(H3,25,27,28,29,30)/t16?,17-/m1/s1. The first-order valence-corrected chi connectivity index (χ1v) is 16.4. The van der Waals surface area contributed by atoms with E-state index in [2.05, 4.69) is 74.9 Å². The quantitative estimate of drug-likeness (QED) is 0.172. The summed E-state index contributed by atoms with van der Waals surface area (Å²) in [5.74, 6) is 1.29. The minimum atomic E-state index is -1.87. The van der Waals surface area contributed by atoms with Gasteiger partial charge >= 0.3 is 0 Å². The fraction of sp³-hybridized carbons (Fsp3) is 0.583. The summed E-state index contributed by atoms with van der Waals surface area (Å²) in [7, 11) is -1.87. The average molecular weight is 519 g/mol. The molecule has 0 saturated carbocycles. The SMILES string of the molecule is CC(C)C[C@H](CO[Si](C)(C)C(C)(C)C)Nc1nc(SC(C)c2ccccn2)nc2nc(N)sc12. The zero-order valence-corrected chi connectivity index (χ0v) is 24.2. The smallest absolute Gasteiger partial charge is 0.192 e. The largest absolute Gasteiger partial charge is 0.415 e. The molecule has 2 atom stereocenters. The predicted molar refractivity (Wildman–Crippen MR) is 148 cm³/mol. The maximum Gasteiger partial charge on any atom is 0.192 e. The van der Waals surface area contributed by atoms with E-state index in [-0.39, 0.29) is 16.3 Å². The summed E-state index contributed by atoms with van der Waals surface area (Å²) < 4.78 is 7.46. The fourth-order valence-corrected chi connectivity index (χ4v) is 5.90. The van der Waals surface area contributed by atoms with Crippen LogP contribution in [0.15, 0.2) is 29.6 Å². The first-order chi connectivity index (χ1) is 15.9. The number of anilines is 2. The molecule has 7 nitrogen and oxygen atoms in total. The van der Waals surface area contributed by atoms with Crippen LogP contribution in [0.4, 0.5) is 10.9 Å². The lowest BCUT2D eigenvalue weighted by Crippen LogP contribution is -2.44. The maximum atomic E-state index is 6.58. The van der Waals surface area contributed by atoms with E-state index in [0.717, 1.165) is 22.6 Å². The molecule has 0 spiro atoms. The van der Waals surface area contributed by atoms with Crippen LogP contribution in [-0.2, 0) is 4.43 Å². The van der Waals surface area contributed by atoms with Gasteiger partial charge in [-0.25, -0.2) is 15.0 Å². The predicted octanol–water partition coefficient (Wildman–Crippen LogP) is 6.77. The first-order valence-electron chi connectivity index (χ1n) is 11.8. The van der Waals surface area contributed by atoms with Gasteiger partial charge in [0.15, 0.2) is 30.1 Å². The van der Waals surface area contributed by atoms with Crippen LogP contribution in [0.2, 0.25) is 18.1 Å². The van der Waals surface area contributed by atoms with Crippen LogP contribution >= 0.6 is 23.1 Å². The molecule has 0 aromatic carbocycles. The van der Waals surface area contributed by atoms with Gasteiger partial charge in [0, 0.05) is 12.2 Å². The Kier molecular flexibility index (Phi) is 8.59. The van der Waals surface area contributed by atoms with E-state index in [0.29, 0.717) is 28.5 Å². The van der Waals surface area contributed by atoms with Crippen molar-refractivity contribution >= 4 is 52.7 Å². The van der Waals surface area contributed by atoms with Crippen molar-refractivity contribution in [1.29, 1.82) is 0 Å². The Bertz CT molecular complexity index is 1080. The number of thioether (sulfide) groups is 1. The molecule has 3 rings (SSSR count). The fourth-order valence-electron chi connectivity index (χ4n) is 3.26. The molecule has 10 heteroatoms. The molecule has 0 aliphatic carbocycles. The number of rotatable bonds is 10. The maximum absolute atomic E-state index is 6.58. The molecule has 3 heterocycles. The van der Waals surface area contributed by atoms with Gasteiger partial charge in [-0.15, -0.1) is 0 Å². The van der Waals surface area contributed by atoms with Crippen molar-refractivity contribution in [3.63, 3.8) is 0 Å². The second-order valence-corrected chi connectivity index (χ2v) is 17.8. The molecule has 34 heavy (non-hydrogen) atoms. The minimum absolute atomic E-state index is 0.107. The summed E-state index contributed by atoms with van der Waals surface area (Å²) in [5.41, 5.74) is 7.67. The molecule has 1 unspecified atom stereocenters. The van der Waals surface area contributed by atoms with Gasteiger partial charge in [-0.05, 0) is 49.5 Å². The summed E-state index contributed by atoms with van der Waals surface area (Å²) in [6.07, 6.45) is 2.78. The lowest BCUT2D eigenvalue weighted by molar-refractivity contribution is 0.257. The van der Waals surface area contributed by atoms with Crippen molar-refractivity contribution in [2.24, 2.45) is 5.92 Å². The van der Waals surface area contributed by atoms with E-state index in [4.69, 9.17) is 15.1 Å². The van der Waals surface area contributed by atoms with Crippen LogP contribution in [0.5, 0.6) is 0 Å². The lowest BCUT2D eigenvalue weighted by Gasteiger charge is -2.37. The van der Waals surface area contributed by atoms with Crippen molar-refractivity contribution in [1.82, 2.24) is 19.9 Å². The summed E-state index contributed by atoms with van der Waals surface area (Å²) in [4.78, 5) is 18.5. The molecule has 186 valence electrons. The zero-order chi connectivity index (χ0) is 25.1. The number of nitrogens with zero attached hydrogens (tertiary/aromatic N) is 4. The van der Waals surface area contributed by atoms with Crippen molar-refractivity contribution in [3.05, 3.63) is 30.1 Å². The summed E-state index contributed by atoms with van der Waals surface area (Å²) in [6.45, 7) is 18.6. The van der Waals surface area contributed by atoms with Crippen molar-refractivity contribution < 1.29 is 4.43 Å². The molecule has 0 radical (unpaired) electrons. The zero-order valence-electron chi connectivity index (χ0n) is 21.5. The summed E-state index contributed by atoms with van der Waals surface area (Å²) in [5, 5.41) is 5.10. The second-order valence-electron chi connectivity index (χ2n) is 10.6. The molecule has 3 aromatic rings. The van der Waals surface area contributed by atoms with Crippen LogP contribution in [-0.4, -0.2) is 40.9 Å². The Morgan fingerprint density at radius 1 is 1.15 bits per heavy atom. The number of fused-ring (bicyclic) bond motifs is 1. The Morgan fingerprint density at radius 2 is 1.88 bits per heavy atom. The molecule has 0 fully saturated rings. The highest BCUT2D eigenvalue weighted by atomic mass is 32.2. The molecule has 0 amide bonds. The molecule has 3 N–H and O–H groups in total. The van der Waals surface area contributed by atoms with E-state index in [9.17, 15) is 0 Å². The summed E-state index contributed by atoms with van der Waals surface area (Å²) >= 11 is 2.99. The number of nitrogen functional groups attached to an aromatic ring is 1. The van der Waals surface area contributed by atoms with Gasteiger partial charge in [-0.3, -0.25) is 4.98 Å².